The van der Waals surface area contributed by atoms with Crippen molar-refractivity contribution < 1.29 is 13.2 Å². The summed E-state index contributed by atoms with van der Waals surface area (Å²) in [5.41, 5.74) is -0.127. The fraction of sp³-hybridized carbons (Fsp3) is 0.0625. The molecule has 1 aliphatic heterocycles. The number of aryl methyl sites for hydroxylation is 1. The molecule has 7 nitrogen and oxygen atoms in total. The zero-order chi connectivity index (χ0) is 17.1. The summed E-state index contributed by atoms with van der Waals surface area (Å²) in [6.45, 7) is 1.49. The molecule has 0 bridgehead atoms. The van der Waals surface area contributed by atoms with Crippen molar-refractivity contribution in [2.45, 2.75) is 11.8 Å². The second-order valence-corrected chi connectivity index (χ2v) is 7.08. The first-order chi connectivity index (χ1) is 11.4. The molecule has 0 aliphatic carbocycles. The smallest absolute Gasteiger partial charge is 0.267 e. The van der Waals surface area contributed by atoms with Crippen molar-refractivity contribution in [3.8, 4) is 0 Å². The average molecular weight is 341 g/mol. The van der Waals surface area contributed by atoms with E-state index in [-0.39, 0.29) is 21.7 Å². The SMILES string of the molecule is Cc1nc2ccccc2c(=O)n1N1C(=O)c2ccccc2S1(=O)=O. The highest BCUT2D eigenvalue weighted by Gasteiger charge is 2.43. The van der Waals surface area contributed by atoms with Gasteiger partial charge in [-0.25, -0.2) is 4.98 Å². The fourth-order valence-electron chi connectivity index (χ4n) is 2.82. The standard InChI is InChI=1S/C16H11N3O4S/c1-10-17-13-8-4-2-6-11(13)15(20)18(10)19-16(21)12-7-3-5-9-14(12)24(19,22)23/h2-9H,1H3. The number of rotatable bonds is 1. The number of carbonyl (C=O) groups excluding carboxylic acids is 1. The van der Waals surface area contributed by atoms with Crippen molar-refractivity contribution in [3.05, 3.63) is 70.3 Å². The zero-order valence-corrected chi connectivity index (χ0v) is 13.3. The Balaban J connectivity index is 2.07. The molecule has 0 atom stereocenters. The molecule has 3 aromatic rings. The van der Waals surface area contributed by atoms with Gasteiger partial charge in [0.15, 0.2) is 0 Å². The first kappa shape index (κ1) is 14.6. The normalized spacial score (nSPS) is 15.7. The number of amides is 1. The van der Waals surface area contributed by atoms with E-state index in [0.717, 1.165) is 4.68 Å². The van der Waals surface area contributed by atoms with Crippen molar-refractivity contribution in [3.63, 3.8) is 0 Å². The maximum atomic E-state index is 12.8. The van der Waals surface area contributed by atoms with Gasteiger partial charge in [0.25, 0.3) is 21.5 Å². The summed E-state index contributed by atoms with van der Waals surface area (Å²) in [6.07, 6.45) is 0. The van der Waals surface area contributed by atoms with E-state index in [1.807, 2.05) is 0 Å². The summed E-state index contributed by atoms with van der Waals surface area (Å²) >= 11 is 0. The molecule has 2 aromatic carbocycles. The lowest BCUT2D eigenvalue weighted by molar-refractivity contribution is 0.0986. The van der Waals surface area contributed by atoms with E-state index >= 15 is 0 Å². The topological polar surface area (TPSA) is 89.3 Å². The summed E-state index contributed by atoms with van der Waals surface area (Å²) in [5, 5.41) is 0.238. The van der Waals surface area contributed by atoms with Crippen LogP contribution in [0.1, 0.15) is 16.2 Å². The van der Waals surface area contributed by atoms with Gasteiger partial charge in [0.1, 0.15) is 10.7 Å². The largest absolute Gasteiger partial charge is 0.288 e. The van der Waals surface area contributed by atoms with Crippen LogP contribution in [0.2, 0.25) is 0 Å². The molecule has 0 radical (unpaired) electrons. The highest BCUT2D eigenvalue weighted by molar-refractivity contribution is 7.93. The van der Waals surface area contributed by atoms with Crippen LogP contribution in [0.3, 0.4) is 0 Å². The van der Waals surface area contributed by atoms with Crippen LogP contribution >= 0.6 is 0 Å². The number of hydrogen-bond acceptors (Lipinski definition) is 5. The Morgan fingerprint density at radius 2 is 1.62 bits per heavy atom. The van der Waals surface area contributed by atoms with Crippen LogP contribution in [0.4, 0.5) is 0 Å². The predicted molar refractivity (Wildman–Crippen MR) is 86.9 cm³/mol. The van der Waals surface area contributed by atoms with Gasteiger partial charge in [-0.1, -0.05) is 24.3 Å². The summed E-state index contributed by atoms with van der Waals surface area (Å²) < 4.78 is 26.8. The molecule has 0 fully saturated rings. The van der Waals surface area contributed by atoms with E-state index in [4.69, 9.17) is 0 Å². The van der Waals surface area contributed by atoms with Crippen LogP contribution in [0.25, 0.3) is 10.9 Å². The minimum absolute atomic E-state index is 0.0389. The number of sulfonamides is 1. The molecular formula is C16H11N3O4S. The second-order valence-electron chi connectivity index (χ2n) is 5.34. The van der Waals surface area contributed by atoms with Crippen LogP contribution in [0.15, 0.2) is 58.2 Å². The van der Waals surface area contributed by atoms with Gasteiger partial charge < -0.3 is 0 Å². The van der Waals surface area contributed by atoms with E-state index in [2.05, 4.69) is 4.98 Å². The number of carbonyl (C=O) groups is 1. The third-order valence-electron chi connectivity index (χ3n) is 3.89. The number of aromatic nitrogens is 2. The molecule has 1 aromatic heterocycles. The Morgan fingerprint density at radius 1 is 0.958 bits per heavy atom. The van der Waals surface area contributed by atoms with Crippen molar-refractivity contribution >= 4 is 26.8 Å². The van der Waals surface area contributed by atoms with Gasteiger partial charge >= 0.3 is 0 Å². The van der Waals surface area contributed by atoms with Crippen LogP contribution in [0, 0.1) is 6.92 Å². The van der Waals surface area contributed by atoms with Crippen LogP contribution in [-0.4, -0.2) is 24.0 Å². The van der Waals surface area contributed by atoms with E-state index in [0.29, 0.717) is 9.93 Å². The molecule has 120 valence electrons. The number of fused-ring (bicyclic) bond motifs is 2. The minimum atomic E-state index is -4.16. The summed E-state index contributed by atoms with van der Waals surface area (Å²) in [4.78, 5) is 29.5. The molecule has 0 unspecified atom stereocenters. The van der Waals surface area contributed by atoms with E-state index in [9.17, 15) is 18.0 Å². The van der Waals surface area contributed by atoms with Gasteiger partial charge in [0, 0.05) is 0 Å². The van der Waals surface area contributed by atoms with Gasteiger partial charge in [0.05, 0.1) is 16.5 Å². The van der Waals surface area contributed by atoms with Crippen molar-refractivity contribution in [2.75, 3.05) is 4.41 Å². The maximum Gasteiger partial charge on any atom is 0.288 e. The first-order valence-corrected chi connectivity index (χ1v) is 8.54. The van der Waals surface area contributed by atoms with E-state index in [1.165, 1.54) is 25.1 Å². The molecule has 0 saturated carbocycles. The lowest BCUT2D eigenvalue weighted by Gasteiger charge is -2.19. The third kappa shape index (κ3) is 1.77. The maximum absolute atomic E-state index is 12.8. The first-order valence-electron chi connectivity index (χ1n) is 7.10. The Bertz CT molecular complexity index is 1180. The molecule has 24 heavy (non-hydrogen) atoms. The summed E-state index contributed by atoms with van der Waals surface area (Å²) in [5.74, 6) is -0.656. The number of benzene rings is 2. The van der Waals surface area contributed by atoms with Crippen molar-refractivity contribution in [2.24, 2.45) is 0 Å². The monoisotopic (exact) mass is 341 g/mol. The Kier molecular flexibility index (Phi) is 2.88. The van der Waals surface area contributed by atoms with E-state index in [1.54, 1.807) is 30.3 Å². The number of nitrogens with zero attached hydrogens (tertiary/aromatic N) is 3. The second kappa shape index (κ2) is 4.75. The lowest BCUT2D eigenvalue weighted by atomic mass is 10.2. The lowest BCUT2D eigenvalue weighted by Crippen LogP contribution is -2.47. The van der Waals surface area contributed by atoms with Crippen LogP contribution < -0.4 is 9.97 Å². The van der Waals surface area contributed by atoms with Crippen molar-refractivity contribution in [1.82, 2.24) is 9.66 Å². The van der Waals surface area contributed by atoms with Gasteiger partial charge in [-0.3, -0.25) is 9.59 Å². The highest BCUT2D eigenvalue weighted by Crippen LogP contribution is 2.28. The van der Waals surface area contributed by atoms with Crippen LogP contribution in [-0.2, 0) is 10.0 Å². The van der Waals surface area contributed by atoms with Crippen LogP contribution in [0.5, 0.6) is 0 Å². The minimum Gasteiger partial charge on any atom is -0.267 e. The van der Waals surface area contributed by atoms with Gasteiger partial charge in [-0.15, -0.1) is 4.41 Å². The molecule has 8 heteroatoms. The van der Waals surface area contributed by atoms with E-state index < -0.39 is 21.5 Å². The highest BCUT2D eigenvalue weighted by atomic mass is 32.2. The molecule has 1 aliphatic rings. The van der Waals surface area contributed by atoms with Gasteiger partial charge in [-0.2, -0.15) is 13.1 Å². The molecule has 2 heterocycles. The zero-order valence-electron chi connectivity index (χ0n) is 12.5. The Labute approximate surface area is 136 Å². The molecule has 0 spiro atoms. The Hall–Kier alpha value is -3.00. The quantitative estimate of drug-likeness (QED) is 0.663. The third-order valence-corrected chi connectivity index (χ3v) is 5.59. The van der Waals surface area contributed by atoms with Crippen molar-refractivity contribution in [1.29, 1.82) is 0 Å². The van der Waals surface area contributed by atoms with Gasteiger partial charge in [-0.05, 0) is 31.2 Å². The molecule has 4 rings (SSSR count). The molecule has 0 N–H and O–H groups in total. The molecular weight excluding hydrogens is 330 g/mol. The Morgan fingerprint density at radius 3 is 2.38 bits per heavy atom. The molecule has 0 saturated heterocycles. The predicted octanol–water partition coefficient (Wildman–Crippen LogP) is 1.19. The number of para-hydroxylation sites is 1. The van der Waals surface area contributed by atoms with Gasteiger partial charge in [0.2, 0.25) is 0 Å². The average Bonchev–Trinajstić information content (AvgIpc) is 2.76. The number of hydrogen-bond donors (Lipinski definition) is 0. The summed E-state index contributed by atoms with van der Waals surface area (Å²) in [6, 6.07) is 12.4. The summed E-state index contributed by atoms with van der Waals surface area (Å²) in [7, 11) is -4.16. The molecule has 1 amide bonds. The fourth-order valence-corrected chi connectivity index (χ4v) is 4.41.